The third-order valence-corrected chi connectivity index (χ3v) is 5.79. The Morgan fingerprint density at radius 3 is 1.92 bits per heavy atom. The van der Waals surface area contributed by atoms with Crippen LogP contribution in [0.15, 0.2) is 24.3 Å². The number of methoxy groups -OCH3 is 1. The minimum atomic E-state index is -0.472. The second-order valence-electron chi connectivity index (χ2n) is 7.67. The standard InChI is InChI=1S/C21H34N2O2/c1-25-20-11-5-4-10-19(20)21(24)18(16-22-12-6-2-7-13-22)17-23-14-8-3-9-15-23/h4-5,10-11,18,21,24H,2-3,6-9,12-17H2,1H3/t21-/m0/s1. The van der Waals surface area contributed by atoms with E-state index in [0.717, 1.165) is 24.4 Å². The van der Waals surface area contributed by atoms with Crippen molar-refractivity contribution in [3.63, 3.8) is 0 Å². The number of likely N-dealkylation sites (tertiary alicyclic amines) is 2. The van der Waals surface area contributed by atoms with Crippen LogP contribution in [0.1, 0.15) is 50.2 Å². The zero-order chi connectivity index (χ0) is 17.5. The third kappa shape index (κ3) is 5.19. The van der Waals surface area contributed by atoms with E-state index >= 15 is 0 Å². The van der Waals surface area contributed by atoms with Gasteiger partial charge in [0.2, 0.25) is 0 Å². The molecule has 0 amide bonds. The molecular formula is C21H34N2O2. The number of aliphatic hydroxyl groups is 1. The highest BCUT2D eigenvalue weighted by Gasteiger charge is 2.28. The van der Waals surface area contributed by atoms with Crippen LogP contribution in [-0.2, 0) is 0 Å². The molecule has 0 aromatic heterocycles. The number of aliphatic hydroxyl groups excluding tert-OH is 1. The number of ether oxygens (including phenoxy) is 1. The fraction of sp³-hybridized carbons (Fsp3) is 0.714. The van der Waals surface area contributed by atoms with Crippen molar-refractivity contribution in [2.75, 3.05) is 46.4 Å². The number of hydrogen-bond acceptors (Lipinski definition) is 4. The SMILES string of the molecule is COc1ccccc1[C@@H](O)C(CN1CCCCC1)CN1CCCCC1. The topological polar surface area (TPSA) is 35.9 Å². The summed E-state index contributed by atoms with van der Waals surface area (Å²) in [6, 6.07) is 7.94. The number of benzene rings is 1. The van der Waals surface area contributed by atoms with Crippen LogP contribution in [0.4, 0.5) is 0 Å². The van der Waals surface area contributed by atoms with Crippen LogP contribution in [0.5, 0.6) is 5.75 Å². The first-order valence-corrected chi connectivity index (χ1v) is 10.0. The molecule has 0 radical (unpaired) electrons. The summed E-state index contributed by atoms with van der Waals surface area (Å²) >= 11 is 0. The third-order valence-electron chi connectivity index (χ3n) is 5.79. The Hall–Kier alpha value is -1.10. The first kappa shape index (κ1) is 18.7. The van der Waals surface area contributed by atoms with Crippen molar-refractivity contribution in [3.05, 3.63) is 29.8 Å². The lowest BCUT2D eigenvalue weighted by molar-refractivity contribution is 0.0431. The van der Waals surface area contributed by atoms with Crippen LogP contribution < -0.4 is 4.74 Å². The van der Waals surface area contributed by atoms with Gasteiger partial charge in [-0.25, -0.2) is 0 Å². The molecule has 0 bridgehead atoms. The number of nitrogens with zero attached hydrogens (tertiary/aromatic N) is 2. The predicted molar refractivity (Wildman–Crippen MR) is 102 cm³/mol. The van der Waals surface area contributed by atoms with E-state index in [1.54, 1.807) is 7.11 Å². The number of rotatable bonds is 7. The van der Waals surface area contributed by atoms with Crippen molar-refractivity contribution >= 4 is 0 Å². The van der Waals surface area contributed by atoms with E-state index in [1.807, 2.05) is 24.3 Å². The molecule has 1 N–H and O–H groups in total. The van der Waals surface area contributed by atoms with Crippen molar-refractivity contribution in [2.45, 2.75) is 44.6 Å². The number of piperidine rings is 2. The molecule has 140 valence electrons. The monoisotopic (exact) mass is 346 g/mol. The van der Waals surface area contributed by atoms with E-state index in [1.165, 1.54) is 64.7 Å². The average molecular weight is 347 g/mol. The molecular weight excluding hydrogens is 312 g/mol. The summed E-state index contributed by atoms with van der Waals surface area (Å²) in [5, 5.41) is 11.2. The van der Waals surface area contributed by atoms with Gasteiger partial charge in [-0.1, -0.05) is 31.0 Å². The van der Waals surface area contributed by atoms with Gasteiger partial charge < -0.3 is 19.6 Å². The molecule has 25 heavy (non-hydrogen) atoms. The highest BCUT2D eigenvalue weighted by atomic mass is 16.5. The van der Waals surface area contributed by atoms with Crippen LogP contribution in [0.2, 0.25) is 0 Å². The van der Waals surface area contributed by atoms with Gasteiger partial charge in [0.1, 0.15) is 5.75 Å². The van der Waals surface area contributed by atoms with Gasteiger partial charge in [0.15, 0.2) is 0 Å². The Bertz CT molecular complexity index is 490. The van der Waals surface area contributed by atoms with Crippen molar-refractivity contribution in [2.24, 2.45) is 5.92 Å². The van der Waals surface area contributed by atoms with Crippen LogP contribution >= 0.6 is 0 Å². The number of para-hydroxylation sites is 1. The van der Waals surface area contributed by atoms with Gasteiger partial charge >= 0.3 is 0 Å². The summed E-state index contributed by atoms with van der Waals surface area (Å²) in [6.07, 6.45) is 7.40. The van der Waals surface area contributed by atoms with Gasteiger partial charge in [-0.2, -0.15) is 0 Å². The molecule has 1 atom stereocenters. The van der Waals surface area contributed by atoms with E-state index < -0.39 is 6.10 Å². The zero-order valence-electron chi connectivity index (χ0n) is 15.7. The van der Waals surface area contributed by atoms with Crippen LogP contribution in [0.25, 0.3) is 0 Å². The molecule has 4 heteroatoms. The Kier molecular flexibility index (Phi) is 7.14. The Morgan fingerprint density at radius 2 is 1.40 bits per heavy atom. The first-order valence-electron chi connectivity index (χ1n) is 10.0. The second kappa shape index (κ2) is 9.56. The van der Waals surface area contributed by atoms with Gasteiger partial charge in [-0.15, -0.1) is 0 Å². The summed E-state index contributed by atoms with van der Waals surface area (Å²) < 4.78 is 5.51. The van der Waals surface area contributed by atoms with E-state index in [2.05, 4.69) is 9.80 Å². The summed E-state index contributed by atoms with van der Waals surface area (Å²) in [5.74, 6) is 1.03. The summed E-state index contributed by atoms with van der Waals surface area (Å²) in [7, 11) is 1.69. The van der Waals surface area contributed by atoms with Crippen molar-refractivity contribution in [1.82, 2.24) is 9.80 Å². The molecule has 0 unspecified atom stereocenters. The Balaban J connectivity index is 1.73. The molecule has 2 saturated heterocycles. The average Bonchev–Trinajstić information content (AvgIpc) is 2.68. The van der Waals surface area contributed by atoms with Crippen molar-refractivity contribution < 1.29 is 9.84 Å². The highest BCUT2D eigenvalue weighted by Crippen LogP contribution is 2.32. The molecule has 1 aromatic rings. The first-order chi connectivity index (χ1) is 12.3. The Labute approximate surface area is 152 Å². The maximum absolute atomic E-state index is 11.2. The fourth-order valence-corrected chi connectivity index (χ4v) is 4.37. The lowest BCUT2D eigenvalue weighted by atomic mass is 9.92. The quantitative estimate of drug-likeness (QED) is 0.822. The summed E-state index contributed by atoms with van der Waals surface area (Å²) in [5.41, 5.74) is 0.934. The summed E-state index contributed by atoms with van der Waals surface area (Å²) in [4.78, 5) is 5.10. The van der Waals surface area contributed by atoms with Crippen LogP contribution in [0.3, 0.4) is 0 Å². The van der Waals surface area contributed by atoms with Gasteiger partial charge in [0.05, 0.1) is 13.2 Å². The van der Waals surface area contributed by atoms with Crippen molar-refractivity contribution in [1.29, 1.82) is 0 Å². The molecule has 4 nitrogen and oxygen atoms in total. The normalized spacial score (nSPS) is 21.4. The zero-order valence-corrected chi connectivity index (χ0v) is 15.7. The minimum Gasteiger partial charge on any atom is -0.496 e. The highest BCUT2D eigenvalue weighted by molar-refractivity contribution is 5.35. The maximum Gasteiger partial charge on any atom is 0.124 e. The second-order valence-corrected chi connectivity index (χ2v) is 7.67. The maximum atomic E-state index is 11.2. The molecule has 0 spiro atoms. The molecule has 0 saturated carbocycles. The van der Waals surface area contributed by atoms with Crippen LogP contribution in [0, 0.1) is 5.92 Å². The molecule has 2 aliphatic heterocycles. The minimum absolute atomic E-state index is 0.229. The van der Waals surface area contributed by atoms with E-state index in [9.17, 15) is 5.11 Å². The lowest BCUT2D eigenvalue weighted by Gasteiger charge is -2.37. The molecule has 1 aromatic carbocycles. The molecule has 2 fully saturated rings. The van der Waals surface area contributed by atoms with Gasteiger partial charge in [-0.3, -0.25) is 0 Å². The largest absolute Gasteiger partial charge is 0.496 e. The number of hydrogen-bond donors (Lipinski definition) is 1. The molecule has 0 aliphatic carbocycles. The smallest absolute Gasteiger partial charge is 0.124 e. The predicted octanol–water partition coefficient (Wildman–Crippen LogP) is 3.32. The summed E-state index contributed by atoms with van der Waals surface area (Å²) in [6.45, 7) is 6.67. The molecule has 3 rings (SSSR count). The van der Waals surface area contributed by atoms with E-state index in [4.69, 9.17) is 4.74 Å². The fourth-order valence-electron chi connectivity index (χ4n) is 4.37. The van der Waals surface area contributed by atoms with Crippen molar-refractivity contribution in [3.8, 4) is 5.75 Å². The molecule has 2 aliphatic rings. The van der Waals surface area contributed by atoms with Crippen LogP contribution in [-0.4, -0.2) is 61.3 Å². The van der Waals surface area contributed by atoms with Gasteiger partial charge in [0, 0.05) is 24.6 Å². The molecule has 2 heterocycles. The van der Waals surface area contributed by atoms with E-state index in [0.29, 0.717) is 0 Å². The lowest BCUT2D eigenvalue weighted by Crippen LogP contribution is -2.43. The Morgan fingerprint density at radius 1 is 0.880 bits per heavy atom. The van der Waals surface area contributed by atoms with Gasteiger partial charge in [0.25, 0.3) is 0 Å². The van der Waals surface area contributed by atoms with E-state index in [-0.39, 0.29) is 5.92 Å². The van der Waals surface area contributed by atoms with Gasteiger partial charge in [-0.05, 0) is 57.9 Å².